The van der Waals surface area contributed by atoms with E-state index >= 15 is 0 Å². The number of carbonyl (C=O) groups is 3. The van der Waals surface area contributed by atoms with Crippen LogP contribution in [0.3, 0.4) is 0 Å². The van der Waals surface area contributed by atoms with Gasteiger partial charge in [0.05, 0.1) is 17.1 Å². The van der Waals surface area contributed by atoms with Crippen molar-refractivity contribution in [2.24, 2.45) is 4.99 Å². The molecule has 0 unspecified atom stereocenters. The Morgan fingerprint density at radius 2 is 0.934 bits per heavy atom. The molecule has 0 radical (unpaired) electrons. The van der Waals surface area contributed by atoms with Crippen LogP contribution in [-0.2, 0) is 6.42 Å². The predicted octanol–water partition coefficient (Wildman–Crippen LogP) is 15.2. The molecular weight excluding hydrogens is 949 g/mol. The number of aryl methyl sites for hydroxylation is 3. The maximum absolute atomic E-state index is 12.0. The summed E-state index contributed by atoms with van der Waals surface area (Å²) < 4.78 is 0. The highest BCUT2D eigenvalue weighted by Crippen LogP contribution is 2.29. The highest BCUT2D eigenvalue weighted by molar-refractivity contribution is 6.06. The highest BCUT2D eigenvalue weighted by atomic mass is 16.3. The van der Waals surface area contributed by atoms with Crippen LogP contribution in [0.25, 0.3) is 23.8 Å². The molecule has 0 fully saturated rings. The minimum Gasteiger partial charge on any atom is -0.506 e. The summed E-state index contributed by atoms with van der Waals surface area (Å²) >= 11 is 0. The van der Waals surface area contributed by atoms with Crippen LogP contribution < -0.4 is 16.0 Å². The van der Waals surface area contributed by atoms with Crippen LogP contribution >= 0.6 is 0 Å². The fourth-order valence-corrected chi connectivity index (χ4v) is 6.90. The van der Waals surface area contributed by atoms with Crippen molar-refractivity contribution in [2.45, 2.75) is 34.1 Å². The van der Waals surface area contributed by atoms with Gasteiger partial charge in [0.2, 0.25) is 0 Å². The molecule has 11 heteroatoms. The number of nitrogens with zero attached hydrogens (tertiary/aromatic N) is 1. The predicted molar refractivity (Wildman–Crippen MR) is 313 cm³/mol. The summed E-state index contributed by atoms with van der Waals surface area (Å²) in [6.07, 6.45) is 7.70. The molecule has 8 aromatic rings. The SMILES string of the molecule is C=C(C)c1ccc(CC=Nc2ccccc2O)cc1.C=Cc1ccc(C(=O)Nc2cc(C)ccc2O)cc1.C=Cc1ccc(C(=O)Nc2ccc(C)cc2O)cc1.C=Cc1ccc(C(=O)Nc2cccc(C)c2O)cc1. The zero-order chi connectivity index (χ0) is 55.1. The molecule has 0 atom stereocenters. The molecular formula is C65H62N4O7. The molecule has 8 aromatic carbocycles. The van der Waals surface area contributed by atoms with Crippen molar-refractivity contribution in [2.75, 3.05) is 16.0 Å². The highest BCUT2D eigenvalue weighted by Gasteiger charge is 2.12. The Bertz CT molecular complexity index is 3280. The Hall–Kier alpha value is -10.0. The van der Waals surface area contributed by atoms with E-state index in [4.69, 9.17) is 0 Å². The van der Waals surface area contributed by atoms with E-state index in [1.807, 2.05) is 75.5 Å². The van der Waals surface area contributed by atoms with Crippen LogP contribution in [-0.4, -0.2) is 44.4 Å². The molecule has 0 aliphatic heterocycles. The molecule has 0 bridgehead atoms. The standard InChI is InChI=1S/C17H17NO.3C16H15NO2/c1-13(2)15-9-7-14(8-10-15)11-12-18-16-5-3-4-6-17(16)19;1-3-12-5-7-13(8-6-12)16(19)17-14-10-11(2)4-9-15(14)18;1-3-12-5-7-13(8-6-12)16(19)17-14-9-4-11(2)10-15(14)18;1-3-12-7-9-13(10-8-12)16(19)17-14-6-4-5-11(2)15(14)18/h3-10,12,19H,1,11H2,2H3;3*3-10,18H,1H2,2H3,(H,17,19). The van der Waals surface area contributed by atoms with Crippen molar-refractivity contribution in [1.82, 2.24) is 0 Å². The van der Waals surface area contributed by atoms with Crippen molar-refractivity contribution in [3.8, 4) is 23.0 Å². The molecule has 11 nitrogen and oxygen atoms in total. The lowest BCUT2D eigenvalue weighted by Crippen LogP contribution is -2.12. The van der Waals surface area contributed by atoms with Gasteiger partial charge in [-0.1, -0.05) is 147 Å². The second-order valence-electron chi connectivity index (χ2n) is 17.3. The lowest BCUT2D eigenvalue weighted by molar-refractivity contribution is 0.101. The van der Waals surface area contributed by atoms with Crippen molar-refractivity contribution in [3.05, 3.63) is 263 Å². The Morgan fingerprint density at radius 1 is 0.474 bits per heavy atom. The first kappa shape index (κ1) is 56.9. The fraction of sp³-hybridized carbons (Fsp3) is 0.0769. The third kappa shape index (κ3) is 17.3. The van der Waals surface area contributed by atoms with Gasteiger partial charge in [-0.15, -0.1) is 0 Å². The molecule has 0 saturated heterocycles. The number of para-hydroxylation sites is 3. The molecule has 0 saturated carbocycles. The summed E-state index contributed by atoms with van der Waals surface area (Å²) in [6.45, 7) is 22.4. The summed E-state index contributed by atoms with van der Waals surface area (Å²) in [6, 6.07) is 52.0. The zero-order valence-corrected chi connectivity index (χ0v) is 43.0. The molecule has 0 aliphatic carbocycles. The van der Waals surface area contributed by atoms with Gasteiger partial charge in [-0.3, -0.25) is 19.4 Å². The van der Waals surface area contributed by atoms with Crippen molar-refractivity contribution in [1.29, 1.82) is 0 Å². The molecule has 384 valence electrons. The number of nitrogens with one attached hydrogen (secondary N) is 3. The Morgan fingerprint density at radius 3 is 1.42 bits per heavy atom. The molecule has 0 heterocycles. The number of phenolic OH excluding ortho intramolecular Hbond substituents is 4. The molecule has 76 heavy (non-hydrogen) atoms. The van der Waals surface area contributed by atoms with E-state index in [0.29, 0.717) is 39.4 Å². The lowest BCUT2D eigenvalue weighted by Gasteiger charge is -2.09. The van der Waals surface area contributed by atoms with Gasteiger partial charge in [-0.05, 0) is 151 Å². The zero-order valence-electron chi connectivity index (χ0n) is 43.0. The van der Waals surface area contributed by atoms with Gasteiger partial charge in [-0.25, -0.2) is 0 Å². The third-order valence-electron chi connectivity index (χ3n) is 11.4. The van der Waals surface area contributed by atoms with Gasteiger partial charge in [0, 0.05) is 29.3 Å². The summed E-state index contributed by atoms with van der Waals surface area (Å²) in [5.74, 6) is -0.338. The Labute approximate surface area is 445 Å². The maximum Gasteiger partial charge on any atom is 0.255 e. The van der Waals surface area contributed by atoms with Gasteiger partial charge >= 0.3 is 0 Å². The van der Waals surface area contributed by atoms with Gasteiger partial charge in [0.25, 0.3) is 17.7 Å². The minimum absolute atomic E-state index is 0.0571. The summed E-state index contributed by atoms with van der Waals surface area (Å²) in [5.41, 5.74) is 12.3. The van der Waals surface area contributed by atoms with Crippen LogP contribution in [0.4, 0.5) is 22.7 Å². The van der Waals surface area contributed by atoms with E-state index in [1.165, 1.54) is 5.56 Å². The van der Waals surface area contributed by atoms with Gasteiger partial charge in [0.15, 0.2) is 0 Å². The van der Waals surface area contributed by atoms with E-state index in [1.54, 1.807) is 128 Å². The topological polar surface area (TPSA) is 181 Å². The number of carbonyl (C=O) groups excluding carboxylic acids is 3. The molecule has 0 spiro atoms. The summed E-state index contributed by atoms with van der Waals surface area (Å²) in [5, 5.41) is 46.9. The first-order valence-electron chi connectivity index (χ1n) is 24.0. The van der Waals surface area contributed by atoms with Gasteiger partial charge in [-0.2, -0.15) is 0 Å². The van der Waals surface area contributed by atoms with Crippen LogP contribution in [0.5, 0.6) is 23.0 Å². The number of phenols is 4. The van der Waals surface area contributed by atoms with E-state index < -0.39 is 0 Å². The average molecular weight is 1010 g/mol. The van der Waals surface area contributed by atoms with Crippen molar-refractivity contribution >= 4 is 70.5 Å². The molecule has 0 aromatic heterocycles. The van der Waals surface area contributed by atoms with Crippen molar-refractivity contribution in [3.63, 3.8) is 0 Å². The van der Waals surface area contributed by atoms with Crippen LogP contribution in [0.2, 0.25) is 0 Å². The van der Waals surface area contributed by atoms with Gasteiger partial charge < -0.3 is 36.4 Å². The van der Waals surface area contributed by atoms with Crippen LogP contribution in [0.15, 0.2) is 207 Å². The number of anilines is 3. The van der Waals surface area contributed by atoms with E-state index in [-0.39, 0.29) is 40.7 Å². The smallest absolute Gasteiger partial charge is 0.255 e. The lowest BCUT2D eigenvalue weighted by atomic mass is 10.1. The maximum atomic E-state index is 12.0. The quantitative estimate of drug-likeness (QED) is 0.0443. The number of hydrogen-bond acceptors (Lipinski definition) is 8. The van der Waals surface area contributed by atoms with Crippen LogP contribution in [0, 0.1) is 20.8 Å². The number of amides is 3. The Balaban J connectivity index is 0.000000187. The summed E-state index contributed by atoms with van der Waals surface area (Å²) in [4.78, 5) is 40.3. The monoisotopic (exact) mass is 1010 g/mol. The molecule has 7 N–H and O–H groups in total. The second kappa shape index (κ2) is 28.3. The number of allylic oxidation sites excluding steroid dienone is 1. The summed E-state index contributed by atoms with van der Waals surface area (Å²) in [7, 11) is 0. The number of aliphatic imine (C=N–C) groups is 1. The van der Waals surface area contributed by atoms with E-state index in [0.717, 1.165) is 50.9 Å². The average Bonchev–Trinajstić information content (AvgIpc) is 3.43. The Kier molecular flexibility index (Phi) is 21.2. The van der Waals surface area contributed by atoms with Crippen molar-refractivity contribution < 1.29 is 34.8 Å². The van der Waals surface area contributed by atoms with E-state index in [2.05, 4.69) is 71.5 Å². The largest absolute Gasteiger partial charge is 0.506 e. The number of aromatic hydroxyl groups is 4. The molecule has 0 aliphatic rings. The first-order valence-corrected chi connectivity index (χ1v) is 24.0. The van der Waals surface area contributed by atoms with E-state index in [9.17, 15) is 34.8 Å². The first-order chi connectivity index (χ1) is 36.5. The minimum atomic E-state index is -0.255. The normalized spacial score (nSPS) is 10.2. The number of hydrogen-bond donors (Lipinski definition) is 7. The van der Waals surface area contributed by atoms with Crippen LogP contribution in [0.1, 0.15) is 82.5 Å². The third-order valence-corrected chi connectivity index (χ3v) is 11.4. The van der Waals surface area contributed by atoms with Gasteiger partial charge in [0.1, 0.15) is 28.7 Å². The molecule has 3 amide bonds. The molecule has 8 rings (SSSR count). The number of benzene rings is 8. The fourth-order valence-electron chi connectivity index (χ4n) is 6.90. The second-order valence-corrected chi connectivity index (χ2v) is 17.3. The number of rotatable bonds is 13.